The molecule has 4 aliphatic carbocycles. The van der Waals surface area contributed by atoms with Gasteiger partial charge in [0.05, 0.1) is 94.0 Å². The van der Waals surface area contributed by atoms with Gasteiger partial charge in [0.25, 0.3) is 0 Å². The number of rotatable bonds is 24. The highest BCUT2D eigenvalue weighted by atomic mass is 79.9. The fourth-order valence-electron chi connectivity index (χ4n) is 17.3. The average molecular weight is 1890 g/mol. The number of anilines is 4. The summed E-state index contributed by atoms with van der Waals surface area (Å²) in [5.74, 6) is 2.23. The van der Waals surface area contributed by atoms with Gasteiger partial charge in [0.2, 0.25) is 23.6 Å². The summed E-state index contributed by atoms with van der Waals surface area (Å²) in [6.45, 7) is 0. The minimum absolute atomic E-state index is 0.112. The molecular weight excluding hydrogens is 1790 g/mol. The SMILES string of the molecule is O=C(Cc1ccc(Br)cc1)Nc1nc2c(nc1CCc1ccccc1)-c1ccc(O)cc1CC2.O=C(Cc1ccc(Cl)cc1)Nc1nc2c(nc1CCc1ccccc1)-c1ccc(O)cc1CC2.O=C(Cc1ccc(F)cc1)Nc1nc2c(nc1CCc1ccccc1)-c1ccc(O)cc1CC2.O=C(Cc1ccc(O)cc1)Nc1nc2c(nc1CCc1ccccc1)-c1ccc(O)cc1CC2. The number of aromatic hydroxyl groups is 5. The van der Waals surface area contributed by atoms with Crippen molar-refractivity contribution in [2.45, 2.75) is 128 Å². The maximum absolute atomic E-state index is 13.2. The van der Waals surface area contributed by atoms with Gasteiger partial charge in [-0.15, -0.1) is 0 Å². The molecule has 12 aromatic carbocycles. The van der Waals surface area contributed by atoms with Crippen LogP contribution >= 0.6 is 27.5 Å². The Morgan fingerprint density at radius 2 is 0.507 bits per heavy atom. The molecule has 0 unspecified atom stereocenters. The first kappa shape index (κ1) is 92.4. The third-order valence-corrected chi connectivity index (χ3v) is 25.0. The molecule has 0 saturated heterocycles. The van der Waals surface area contributed by atoms with Crippen LogP contribution in [0.25, 0.3) is 45.0 Å². The molecule has 21 nitrogen and oxygen atoms in total. The maximum Gasteiger partial charge on any atom is 0.229 e. The Labute approximate surface area is 800 Å². The van der Waals surface area contributed by atoms with Crippen LogP contribution in [-0.2, 0) is 148 Å². The Morgan fingerprint density at radius 3 is 0.772 bits per heavy atom. The van der Waals surface area contributed by atoms with Gasteiger partial charge in [0, 0.05) is 31.7 Å². The van der Waals surface area contributed by atoms with Gasteiger partial charge in [-0.1, -0.05) is 197 Å². The third-order valence-electron chi connectivity index (χ3n) is 24.2. The number of phenols is 5. The first-order chi connectivity index (χ1) is 66.2. The second-order valence-electron chi connectivity index (χ2n) is 34.0. The highest BCUT2D eigenvalue weighted by molar-refractivity contribution is 9.10. The second kappa shape index (κ2) is 43.5. The van der Waals surface area contributed by atoms with Crippen molar-refractivity contribution in [3.63, 3.8) is 0 Å². The van der Waals surface area contributed by atoms with E-state index < -0.39 is 0 Å². The summed E-state index contributed by atoms with van der Waals surface area (Å²) in [6.07, 6.45) is 12.3. The van der Waals surface area contributed by atoms with E-state index in [9.17, 15) is 49.1 Å². The zero-order valence-electron chi connectivity index (χ0n) is 74.4. The van der Waals surface area contributed by atoms with Crippen LogP contribution in [0.3, 0.4) is 0 Å². The molecule has 24 heteroatoms. The van der Waals surface area contributed by atoms with E-state index in [0.29, 0.717) is 79.7 Å². The molecule has 0 aliphatic heterocycles. The Hall–Kier alpha value is -15.5. The van der Waals surface area contributed by atoms with Gasteiger partial charge in [-0.3, -0.25) is 19.2 Å². The number of hydrogen-bond donors (Lipinski definition) is 9. The van der Waals surface area contributed by atoms with Crippen molar-refractivity contribution in [2.24, 2.45) is 0 Å². The van der Waals surface area contributed by atoms with Crippen LogP contribution in [-0.4, -0.2) is 89.0 Å². The Balaban J connectivity index is 0.000000126. The summed E-state index contributed by atoms with van der Waals surface area (Å²) in [4.78, 5) is 90.7. The van der Waals surface area contributed by atoms with Crippen molar-refractivity contribution in [3.05, 3.63) is 419 Å². The number of fused-ring (bicyclic) bond motifs is 12. The number of nitrogens with zero attached hydrogens (tertiary/aromatic N) is 8. The quantitative estimate of drug-likeness (QED) is 0.0271. The van der Waals surface area contributed by atoms with Crippen molar-refractivity contribution in [2.75, 3.05) is 21.3 Å². The lowest BCUT2D eigenvalue weighted by Gasteiger charge is -2.21. The third kappa shape index (κ3) is 24.1. The number of carbonyl (C=O) groups excluding carboxylic acids is 4. The van der Waals surface area contributed by atoms with E-state index in [1.165, 1.54) is 34.4 Å². The fourth-order valence-corrected chi connectivity index (χ4v) is 17.6. The minimum atomic E-state index is -0.332. The zero-order chi connectivity index (χ0) is 94.0. The molecule has 4 aromatic heterocycles. The number of phenolic OH excluding ortho intramolecular Hbond substituents is 5. The van der Waals surface area contributed by atoms with Crippen molar-refractivity contribution in [1.82, 2.24) is 39.9 Å². The predicted octanol–water partition coefficient (Wildman–Crippen LogP) is 20.9. The van der Waals surface area contributed by atoms with Crippen molar-refractivity contribution >= 4 is 74.4 Å². The lowest BCUT2D eigenvalue weighted by molar-refractivity contribution is -0.116. The topological polar surface area (TPSA) is 321 Å². The second-order valence-corrected chi connectivity index (χ2v) is 35.4. The fraction of sp³-hybridized carbons (Fsp3) is 0.179. The van der Waals surface area contributed by atoms with E-state index >= 15 is 0 Å². The van der Waals surface area contributed by atoms with Gasteiger partial charge in [-0.2, -0.15) is 0 Å². The maximum atomic E-state index is 13.2. The summed E-state index contributed by atoms with van der Waals surface area (Å²) in [6, 6.07) is 89.7. The van der Waals surface area contributed by atoms with E-state index in [1.807, 2.05) is 133 Å². The van der Waals surface area contributed by atoms with Gasteiger partial charge < -0.3 is 46.8 Å². The molecule has 20 rings (SSSR count). The van der Waals surface area contributed by atoms with E-state index in [0.717, 1.165) is 191 Å². The number of benzene rings is 12. The number of amides is 4. The number of carbonyl (C=O) groups is 4. The van der Waals surface area contributed by atoms with Gasteiger partial charge in [0.1, 0.15) is 34.6 Å². The molecule has 0 saturated carbocycles. The normalized spacial score (nSPS) is 12.0. The molecular formula is C112H97BrClFN12O9. The molecule has 0 atom stereocenters. The predicted molar refractivity (Wildman–Crippen MR) is 531 cm³/mol. The van der Waals surface area contributed by atoms with Crippen LogP contribution in [0.4, 0.5) is 27.7 Å². The van der Waals surface area contributed by atoms with Gasteiger partial charge in [-0.05, 0) is 291 Å². The molecule has 0 bridgehead atoms. The zero-order valence-corrected chi connectivity index (χ0v) is 76.8. The first-order valence-corrected chi connectivity index (χ1v) is 46.6. The number of hydrogen-bond acceptors (Lipinski definition) is 17. The average Bonchev–Trinajstić information content (AvgIpc) is 0.783. The molecule has 0 spiro atoms. The Bertz CT molecular complexity index is 6200. The number of aryl methyl sites for hydroxylation is 16. The Morgan fingerprint density at radius 1 is 0.272 bits per heavy atom. The van der Waals surface area contributed by atoms with Gasteiger partial charge >= 0.3 is 0 Å². The van der Waals surface area contributed by atoms with E-state index in [1.54, 1.807) is 97.1 Å². The smallest absolute Gasteiger partial charge is 0.229 e. The molecule has 680 valence electrons. The van der Waals surface area contributed by atoms with Crippen molar-refractivity contribution in [3.8, 4) is 73.8 Å². The summed E-state index contributed by atoms with van der Waals surface area (Å²) in [7, 11) is 0. The van der Waals surface area contributed by atoms with E-state index in [4.69, 9.17) is 51.5 Å². The van der Waals surface area contributed by atoms with Gasteiger partial charge in [0.15, 0.2) is 23.3 Å². The minimum Gasteiger partial charge on any atom is -0.508 e. The van der Waals surface area contributed by atoms with Gasteiger partial charge in [-0.25, -0.2) is 44.3 Å². The molecule has 0 fully saturated rings. The first-order valence-electron chi connectivity index (χ1n) is 45.4. The molecule has 16 aromatic rings. The standard InChI is InChI=1S/C28H24BrN3O2.C28H24ClN3O2.C28H24FN3O2.C28H25N3O3/c3*29-21-10-6-19(7-11-21)16-26(34)32-28-25(14-8-18-4-2-1-3-5-18)30-27-23-13-12-22(33)17-20(23)9-15-24(27)31-28;32-21-10-6-19(7-11-21)16-26(34)31-28-25(14-8-18-4-2-1-3-5-18)29-27-23-13-12-22(33)17-20(23)9-15-24(27)30-28/h3*1-7,10-13,17,33H,8-9,14-16H2,(H,31,32,34);1-7,10-13,17,32-33H,8-9,14-16H2,(H,30,31,34). The molecule has 0 radical (unpaired) electrons. The summed E-state index contributed by atoms with van der Waals surface area (Å²) >= 11 is 9.39. The Kier molecular flexibility index (Phi) is 29.5. The molecule has 4 heterocycles. The van der Waals surface area contributed by atoms with Crippen LogP contribution in [0.15, 0.2) is 296 Å². The highest BCUT2D eigenvalue weighted by Gasteiger charge is 2.29. The van der Waals surface area contributed by atoms with Crippen LogP contribution in [0, 0.1) is 5.82 Å². The van der Waals surface area contributed by atoms with Crippen LogP contribution in [0.1, 0.15) is 112 Å². The largest absolute Gasteiger partial charge is 0.508 e. The summed E-state index contributed by atoms with van der Waals surface area (Å²) in [5.41, 5.74) is 26.0. The molecule has 9 N–H and O–H groups in total. The van der Waals surface area contributed by atoms with E-state index in [-0.39, 0.29) is 83.9 Å². The monoisotopic (exact) mass is 1890 g/mol. The lowest BCUT2D eigenvalue weighted by atomic mass is 9.91. The number of halogens is 3. The van der Waals surface area contributed by atoms with Crippen LogP contribution in [0.2, 0.25) is 5.02 Å². The number of aromatic nitrogens is 8. The van der Waals surface area contributed by atoms with Crippen molar-refractivity contribution < 1.29 is 49.1 Å². The van der Waals surface area contributed by atoms with E-state index in [2.05, 4.69) is 85.7 Å². The molecule has 136 heavy (non-hydrogen) atoms. The summed E-state index contributed by atoms with van der Waals surface area (Å²) < 4.78 is 14.2. The summed E-state index contributed by atoms with van der Waals surface area (Å²) in [5, 5.41) is 61.6. The molecule has 4 amide bonds. The van der Waals surface area contributed by atoms with Crippen LogP contribution < -0.4 is 21.3 Å². The van der Waals surface area contributed by atoms with Crippen LogP contribution in [0.5, 0.6) is 28.7 Å². The lowest BCUT2D eigenvalue weighted by Crippen LogP contribution is -2.20. The van der Waals surface area contributed by atoms with Crippen molar-refractivity contribution in [1.29, 1.82) is 0 Å². The number of nitrogens with one attached hydrogen (secondary N) is 4. The molecule has 4 aliphatic rings. The highest BCUT2D eigenvalue weighted by Crippen LogP contribution is 2.41.